The first-order chi connectivity index (χ1) is 6.86. The third kappa shape index (κ3) is 2.62. The first kappa shape index (κ1) is 11.8. The molecule has 1 heteroatoms. The highest BCUT2D eigenvalue weighted by Gasteiger charge is 2.15. The molecule has 0 aliphatic heterocycles. The van der Waals surface area contributed by atoms with E-state index in [1.165, 1.54) is 11.1 Å². The Kier molecular flexibility index (Phi) is 3.23. The van der Waals surface area contributed by atoms with Gasteiger partial charge in [-0.15, -0.1) is 0 Å². The lowest BCUT2D eigenvalue weighted by Gasteiger charge is -2.21. The van der Waals surface area contributed by atoms with Crippen molar-refractivity contribution in [2.75, 3.05) is 12.4 Å². The maximum Gasteiger partial charge on any atom is 0.0413 e. The highest BCUT2D eigenvalue weighted by Crippen LogP contribution is 2.29. The molecular weight excluding hydrogens is 182 g/mol. The lowest BCUT2D eigenvalue weighted by Crippen LogP contribution is -2.11. The highest BCUT2D eigenvalue weighted by atomic mass is 14.8. The number of allylic oxidation sites excluding steroid dienone is 1. The summed E-state index contributed by atoms with van der Waals surface area (Å²) < 4.78 is 0. The minimum Gasteiger partial charge on any atom is -0.388 e. The Morgan fingerprint density at radius 2 is 1.87 bits per heavy atom. The minimum absolute atomic E-state index is 0.191. The molecule has 15 heavy (non-hydrogen) atoms. The molecule has 0 saturated carbocycles. The van der Waals surface area contributed by atoms with Gasteiger partial charge in [0, 0.05) is 18.3 Å². The van der Waals surface area contributed by atoms with Crippen molar-refractivity contribution < 1.29 is 0 Å². The topological polar surface area (TPSA) is 12.0 Å². The van der Waals surface area contributed by atoms with E-state index in [0.717, 1.165) is 11.3 Å². The van der Waals surface area contributed by atoms with Crippen molar-refractivity contribution in [1.29, 1.82) is 0 Å². The number of benzene rings is 1. The van der Waals surface area contributed by atoms with E-state index in [4.69, 9.17) is 0 Å². The second-order valence-electron chi connectivity index (χ2n) is 5.04. The van der Waals surface area contributed by atoms with E-state index >= 15 is 0 Å². The summed E-state index contributed by atoms with van der Waals surface area (Å²) in [6, 6.07) is 6.54. The normalized spacial score (nSPS) is 11.3. The average Bonchev–Trinajstić information content (AvgIpc) is 2.15. The quantitative estimate of drug-likeness (QED) is 0.764. The first-order valence-corrected chi connectivity index (χ1v) is 5.34. The van der Waals surface area contributed by atoms with E-state index < -0.39 is 0 Å². The van der Waals surface area contributed by atoms with Crippen LogP contribution in [0.15, 0.2) is 24.8 Å². The molecule has 0 atom stereocenters. The van der Waals surface area contributed by atoms with Crippen molar-refractivity contribution in [2.24, 2.45) is 0 Å². The van der Waals surface area contributed by atoms with Crippen LogP contribution in [0.2, 0.25) is 0 Å². The molecule has 0 amide bonds. The summed E-state index contributed by atoms with van der Waals surface area (Å²) in [5, 5.41) is 3.19. The summed E-state index contributed by atoms with van der Waals surface area (Å²) in [6.07, 6.45) is 0. The molecule has 0 radical (unpaired) electrons. The number of rotatable bonds is 2. The SMILES string of the molecule is C=C(C)c1cc(C(C)(C)C)ccc1NC. The minimum atomic E-state index is 0.191. The monoisotopic (exact) mass is 203 g/mol. The second kappa shape index (κ2) is 4.09. The van der Waals surface area contributed by atoms with Gasteiger partial charge in [0.15, 0.2) is 0 Å². The number of hydrogen-bond donors (Lipinski definition) is 1. The molecule has 0 aliphatic carbocycles. The van der Waals surface area contributed by atoms with Crippen molar-refractivity contribution in [3.05, 3.63) is 35.9 Å². The zero-order valence-electron chi connectivity index (χ0n) is 10.4. The molecule has 1 N–H and O–H groups in total. The zero-order chi connectivity index (χ0) is 11.6. The summed E-state index contributed by atoms with van der Waals surface area (Å²) in [7, 11) is 1.94. The van der Waals surface area contributed by atoms with E-state index in [2.05, 4.69) is 50.9 Å². The molecule has 0 aromatic heterocycles. The van der Waals surface area contributed by atoms with Gasteiger partial charge in [0.2, 0.25) is 0 Å². The molecule has 1 aromatic carbocycles. The Morgan fingerprint density at radius 3 is 2.27 bits per heavy atom. The van der Waals surface area contributed by atoms with Crippen LogP contribution in [-0.4, -0.2) is 7.05 Å². The average molecular weight is 203 g/mol. The Hall–Kier alpha value is -1.24. The van der Waals surface area contributed by atoms with Gasteiger partial charge in [-0.1, -0.05) is 33.4 Å². The van der Waals surface area contributed by atoms with Crippen LogP contribution in [0.1, 0.15) is 38.8 Å². The van der Waals surface area contributed by atoms with Crippen molar-refractivity contribution in [3.63, 3.8) is 0 Å². The Labute approximate surface area is 93.2 Å². The molecule has 1 rings (SSSR count). The molecule has 0 heterocycles. The predicted molar refractivity (Wildman–Crippen MR) is 69.4 cm³/mol. The molecular formula is C14H21N. The largest absolute Gasteiger partial charge is 0.388 e. The van der Waals surface area contributed by atoms with Gasteiger partial charge in [-0.2, -0.15) is 0 Å². The molecule has 1 aromatic rings. The highest BCUT2D eigenvalue weighted by molar-refractivity contribution is 5.74. The van der Waals surface area contributed by atoms with Crippen molar-refractivity contribution in [1.82, 2.24) is 0 Å². The fraction of sp³-hybridized carbons (Fsp3) is 0.429. The zero-order valence-corrected chi connectivity index (χ0v) is 10.4. The summed E-state index contributed by atoms with van der Waals surface area (Å²) >= 11 is 0. The number of hydrogen-bond acceptors (Lipinski definition) is 1. The van der Waals surface area contributed by atoms with Crippen LogP contribution >= 0.6 is 0 Å². The standard InChI is InChI=1S/C14H21N/c1-10(2)12-9-11(14(3,4)5)7-8-13(12)15-6/h7-9,15H,1H2,2-6H3. The number of anilines is 1. The van der Waals surface area contributed by atoms with Gasteiger partial charge in [0.25, 0.3) is 0 Å². The summed E-state index contributed by atoms with van der Waals surface area (Å²) in [5.74, 6) is 0. The van der Waals surface area contributed by atoms with Gasteiger partial charge < -0.3 is 5.32 Å². The van der Waals surface area contributed by atoms with E-state index in [9.17, 15) is 0 Å². The van der Waals surface area contributed by atoms with Crippen LogP contribution in [0.4, 0.5) is 5.69 Å². The molecule has 0 unspecified atom stereocenters. The Balaban J connectivity index is 3.28. The molecule has 82 valence electrons. The van der Waals surface area contributed by atoms with Crippen LogP contribution in [-0.2, 0) is 5.41 Å². The van der Waals surface area contributed by atoms with Gasteiger partial charge in [-0.05, 0) is 35.6 Å². The molecule has 0 saturated heterocycles. The van der Waals surface area contributed by atoms with Crippen molar-refractivity contribution in [3.8, 4) is 0 Å². The molecule has 1 nitrogen and oxygen atoms in total. The summed E-state index contributed by atoms with van der Waals surface area (Å²) in [4.78, 5) is 0. The van der Waals surface area contributed by atoms with Crippen LogP contribution in [0, 0.1) is 0 Å². The summed E-state index contributed by atoms with van der Waals surface area (Å²) in [5.41, 5.74) is 5.00. The molecule has 0 spiro atoms. The van der Waals surface area contributed by atoms with Crippen LogP contribution in [0.25, 0.3) is 5.57 Å². The molecule has 0 bridgehead atoms. The lowest BCUT2D eigenvalue weighted by molar-refractivity contribution is 0.590. The maximum atomic E-state index is 4.02. The Bertz CT molecular complexity index is 369. The van der Waals surface area contributed by atoms with Gasteiger partial charge in [0.1, 0.15) is 0 Å². The van der Waals surface area contributed by atoms with Gasteiger partial charge in [-0.25, -0.2) is 0 Å². The molecule has 0 aliphatic rings. The van der Waals surface area contributed by atoms with E-state index in [-0.39, 0.29) is 5.41 Å². The van der Waals surface area contributed by atoms with E-state index in [1.54, 1.807) is 0 Å². The number of nitrogens with one attached hydrogen (secondary N) is 1. The smallest absolute Gasteiger partial charge is 0.0413 e. The van der Waals surface area contributed by atoms with Crippen molar-refractivity contribution in [2.45, 2.75) is 33.1 Å². The second-order valence-corrected chi connectivity index (χ2v) is 5.04. The van der Waals surface area contributed by atoms with Crippen molar-refractivity contribution >= 4 is 11.3 Å². The fourth-order valence-corrected chi connectivity index (χ4v) is 1.58. The third-order valence-corrected chi connectivity index (χ3v) is 2.61. The fourth-order valence-electron chi connectivity index (χ4n) is 1.58. The maximum absolute atomic E-state index is 4.02. The third-order valence-electron chi connectivity index (χ3n) is 2.61. The van der Waals surface area contributed by atoms with E-state index in [0.29, 0.717) is 0 Å². The van der Waals surface area contributed by atoms with Gasteiger partial charge in [-0.3, -0.25) is 0 Å². The summed E-state index contributed by atoms with van der Waals surface area (Å²) in [6.45, 7) is 12.7. The first-order valence-electron chi connectivity index (χ1n) is 5.34. The Morgan fingerprint density at radius 1 is 1.27 bits per heavy atom. The van der Waals surface area contributed by atoms with Gasteiger partial charge in [0.05, 0.1) is 0 Å². The molecule has 0 fully saturated rings. The van der Waals surface area contributed by atoms with Gasteiger partial charge >= 0.3 is 0 Å². The predicted octanol–water partition coefficient (Wildman–Crippen LogP) is 4.06. The van der Waals surface area contributed by atoms with Crippen LogP contribution in [0.3, 0.4) is 0 Å². The van der Waals surface area contributed by atoms with Crippen LogP contribution < -0.4 is 5.32 Å². The van der Waals surface area contributed by atoms with E-state index in [1.807, 2.05) is 14.0 Å². The van der Waals surface area contributed by atoms with Crippen LogP contribution in [0.5, 0.6) is 0 Å². The lowest BCUT2D eigenvalue weighted by atomic mass is 9.85.